The second-order valence-electron chi connectivity index (χ2n) is 4.82. The first kappa shape index (κ1) is 11.5. The van der Waals surface area contributed by atoms with Crippen molar-refractivity contribution in [3.05, 3.63) is 69.7 Å². The van der Waals surface area contributed by atoms with Gasteiger partial charge in [-0.3, -0.25) is 4.79 Å². The largest absolute Gasteiger partial charge is 0.294 e. The van der Waals surface area contributed by atoms with Crippen molar-refractivity contribution in [2.45, 2.75) is 19.3 Å². The van der Waals surface area contributed by atoms with Crippen molar-refractivity contribution in [3.8, 4) is 0 Å². The Hall–Kier alpha value is -1.60. The molecule has 3 rings (SSSR count). The zero-order chi connectivity index (χ0) is 12.7. The molecule has 0 spiro atoms. The van der Waals surface area contributed by atoms with Crippen LogP contribution < -0.4 is 0 Å². The molecule has 90 valence electrons. The Morgan fingerprint density at radius 3 is 2.56 bits per heavy atom. The molecule has 18 heavy (non-hydrogen) atoms. The average Bonchev–Trinajstić information content (AvgIpc) is 2.68. The number of Topliss-reactive ketones (excluding diaryl/α,β-unsaturated/α-hetero) is 1. The first-order chi connectivity index (χ1) is 8.65. The Labute approximate surface area is 111 Å². The summed E-state index contributed by atoms with van der Waals surface area (Å²) >= 11 is 5.95. The Morgan fingerprint density at radius 2 is 1.83 bits per heavy atom. The van der Waals surface area contributed by atoms with Gasteiger partial charge < -0.3 is 0 Å². The number of rotatable bonds is 1. The third-order valence-corrected chi connectivity index (χ3v) is 3.80. The molecular weight excluding hydrogens is 244 g/mol. The minimum Gasteiger partial charge on any atom is -0.294 e. The SMILES string of the molecule is Cc1ccc([C@@H]2CC(=O)c3cc(Cl)ccc32)cc1. The van der Waals surface area contributed by atoms with Crippen molar-refractivity contribution in [1.29, 1.82) is 0 Å². The third-order valence-electron chi connectivity index (χ3n) is 3.56. The van der Waals surface area contributed by atoms with Crippen LogP contribution in [0, 0.1) is 6.92 Å². The lowest BCUT2D eigenvalue weighted by Gasteiger charge is -2.11. The van der Waals surface area contributed by atoms with Crippen LogP contribution in [-0.2, 0) is 0 Å². The van der Waals surface area contributed by atoms with Gasteiger partial charge in [0.1, 0.15) is 0 Å². The molecule has 2 heteroatoms. The van der Waals surface area contributed by atoms with E-state index in [2.05, 4.69) is 31.2 Å². The maximum atomic E-state index is 12.0. The molecule has 2 aromatic rings. The van der Waals surface area contributed by atoms with E-state index >= 15 is 0 Å². The quantitative estimate of drug-likeness (QED) is 0.741. The number of ketones is 1. The summed E-state index contributed by atoms with van der Waals surface area (Å²) in [6.07, 6.45) is 0.554. The molecule has 1 aliphatic carbocycles. The number of halogens is 1. The molecule has 0 heterocycles. The van der Waals surface area contributed by atoms with Gasteiger partial charge in [-0.05, 0) is 30.2 Å². The molecule has 0 fully saturated rings. The lowest BCUT2D eigenvalue weighted by atomic mass is 9.92. The van der Waals surface area contributed by atoms with Gasteiger partial charge in [0.25, 0.3) is 0 Å². The summed E-state index contributed by atoms with van der Waals surface area (Å²) < 4.78 is 0. The zero-order valence-electron chi connectivity index (χ0n) is 10.1. The molecule has 0 saturated heterocycles. The molecule has 1 nitrogen and oxygen atoms in total. The van der Waals surface area contributed by atoms with Crippen molar-refractivity contribution >= 4 is 17.4 Å². The Balaban J connectivity index is 2.07. The highest BCUT2D eigenvalue weighted by Crippen LogP contribution is 2.39. The first-order valence-electron chi connectivity index (χ1n) is 6.04. The monoisotopic (exact) mass is 256 g/mol. The standard InChI is InChI=1S/C16H13ClO/c1-10-2-4-11(5-3-10)14-9-16(18)15-8-12(17)6-7-13(14)15/h2-8,14H,9H2,1H3/t14-/m0/s1. The molecular formula is C16H13ClO. The molecule has 0 unspecified atom stereocenters. The first-order valence-corrected chi connectivity index (χ1v) is 6.42. The Morgan fingerprint density at radius 1 is 1.11 bits per heavy atom. The number of benzene rings is 2. The van der Waals surface area contributed by atoms with Gasteiger partial charge in [0, 0.05) is 22.9 Å². The van der Waals surface area contributed by atoms with Crippen LogP contribution in [0.15, 0.2) is 42.5 Å². The lowest BCUT2D eigenvalue weighted by molar-refractivity contribution is 0.0991. The van der Waals surface area contributed by atoms with Gasteiger partial charge in [-0.1, -0.05) is 47.5 Å². The normalized spacial score (nSPS) is 17.9. The van der Waals surface area contributed by atoms with Gasteiger partial charge in [0.2, 0.25) is 0 Å². The molecule has 1 atom stereocenters. The average molecular weight is 257 g/mol. The van der Waals surface area contributed by atoms with Gasteiger partial charge in [-0.15, -0.1) is 0 Å². The fourth-order valence-electron chi connectivity index (χ4n) is 2.58. The summed E-state index contributed by atoms with van der Waals surface area (Å²) in [5.41, 5.74) is 4.33. The highest BCUT2D eigenvalue weighted by molar-refractivity contribution is 6.31. The van der Waals surface area contributed by atoms with Crippen molar-refractivity contribution in [2.75, 3.05) is 0 Å². The van der Waals surface area contributed by atoms with Crippen LogP contribution >= 0.6 is 11.6 Å². The molecule has 1 aliphatic rings. The van der Waals surface area contributed by atoms with E-state index in [0.717, 1.165) is 11.1 Å². The van der Waals surface area contributed by atoms with Crippen LogP contribution in [0.25, 0.3) is 0 Å². The van der Waals surface area contributed by atoms with Crippen LogP contribution in [0.5, 0.6) is 0 Å². The topological polar surface area (TPSA) is 17.1 Å². The summed E-state index contributed by atoms with van der Waals surface area (Å²) in [7, 11) is 0. The predicted octanol–water partition coefficient (Wildman–Crippen LogP) is 4.37. The maximum Gasteiger partial charge on any atom is 0.164 e. The second kappa shape index (κ2) is 4.25. The molecule has 2 aromatic carbocycles. The number of fused-ring (bicyclic) bond motifs is 1. The number of aryl methyl sites for hydroxylation is 1. The van der Waals surface area contributed by atoms with E-state index in [4.69, 9.17) is 11.6 Å². The van der Waals surface area contributed by atoms with E-state index in [1.165, 1.54) is 11.1 Å². The summed E-state index contributed by atoms with van der Waals surface area (Å²) in [4.78, 5) is 12.0. The Bertz CT molecular complexity index is 613. The van der Waals surface area contributed by atoms with E-state index in [9.17, 15) is 4.79 Å². The molecule has 0 aliphatic heterocycles. The van der Waals surface area contributed by atoms with E-state index in [-0.39, 0.29) is 11.7 Å². The van der Waals surface area contributed by atoms with Gasteiger partial charge in [-0.2, -0.15) is 0 Å². The van der Waals surface area contributed by atoms with Crippen molar-refractivity contribution in [1.82, 2.24) is 0 Å². The van der Waals surface area contributed by atoms with Crippen LogP contribution in [-0.4, -0.2) is 5.78 Å². The van der Waals surface area contributed by atoms with Gasteiger partial charge in [0.15, 0.2) is 5.78 Å². The van der Waals surface area contributed by atoms with Gasteiger partial charge >= 0.3 is 0 Å². The molecule has 0 amide bonds. The summed E-state index contributed by atoms with van der Waals surface area (Å²) in [6, 6.07) is 14.0. The molecule has 0 saturated carbocycles. The molecule has 0 N–H and O–H groups in total. The van der Waals surface area contributed by atoms with E-state index in [1.807, 2.05) is 12.1 Å². The van der Waals surface area contributed by atoms with Crippen LogP contribution in [0.4, 0.5) is 0 Å². The van der Waals surface area contributed by atoms with Gasteiger partial charge in [-0.25, -0.2) is 0 Å². The predicted molar refractivity (Wildman–Crippen MR) is 73.4 cm³/mol. The van der Waals surface area contributed by atoms with Crippen molar-refractivity contribution in [3.63, 3.8) is 0 Å². The van der Waals surface area contributed by atoms with Crippen LogP contribution in [0.1, 0.15) is 39.4 Å². The number of hydrogen-bond acceptors (Lipinski definition) is 1. The fourth-order valence-corrected chi connectivity index (χ4v) is 2.75. The zero-order valence-corrected chi connectivity index (χ0v) is 10.9. The molecule has 0 radical (unpaired) electrons. The van der Waals surface area contributed by atoms with Crippen LogP contribution in [0.3, 0.4) is 0 Å². The van der Waals surface area contributed by atoms with Crippen LogP contribution in [0.2, 0.25) is 5.02 Å². The molecule has 0 bridgehead atoms. The number of hydrogen-bond donors (Lipinski definition) is 0. The lowest BCUT2D eigenvalue weighted by Crippen LogP contribution is -1.96. The summed E-state index contributed by atoms with van der Waals surface area (Å²) in [6.45, 7) is 2.07. The summed E-state index contributed by atoms with van der Waals surface area (Å²) in [5, 5.41) is 0.631. The third kappa shape index (κ3) is 1.85. The maximum absolute atomic E-state index is 12.0. The smallest absolute Gasteiger partial charge is 0.164 e. The second-order valence-corrected chi connectivity index (χ2v) is 5.26. The number of carbonyl (C=O) groups excluding carboxylic acids is 1. The number of carbonyl (C=O) groups is 1. The van der Waals surface area contributed by atoms with Crippen molar-refractivity contribution in [2.24, 2.45) is 0 Å². The highest BCUT2D eigenvalue weighted by Gasteiger charge is 2.30. The van der Waals surface area contributed by atoms with E-state index in [1.54, 1.807) is 6.07 Å². The van der Waals surface area contributed by atoms with Gasteiger partial charge in [0.05, 0.1) is 0 Å². The minimum absolute atomic E-state index is 0.186. The van der Waals surface area contributed by atoms with Crippen molar-refractivity contribution < 1.29 is 4.79 Å². The minimum atomic E-state index is 0.186. The molecule has 0 aromatic heterocycles. The highest BCUT2D eigenvalue weighted by atomic mass is 35.5. The van der Waals surface area contributed by atoms with E-state index < -0.39 is 0 Å². The van der Waals surface area contributed by atoms with E-state index in [0.29, 0.717) is 11.4 Å². The summed E-state index contributed by atoms with van der Waals surface area (Å²) in [5.74, 6) is 0.378. The fraction of sp³-hybridized carbons (Fsp3) is 0.188. The Kier molecular flexibility index (Phi) is 2.71.